The number of hydrogen-bond donors (Lipinski definition) is 3. The van der Waals surface area contributed by atoms with Gasteiger partial charge in [-0.1, -0.05) is 23.7 Å². The second-order valence-corrected chi connectivity index (χ2v) is 8.16. The molecule has 150 valence electrons. The third-order valence-corrected chi connectivity index (χ3v) is 6.11. The van der Waals surface area contributed by atoms with E-state index in [1.54, 1.807) is 12.1 Å². The maximum absolute atomic E-state index is 11.8. The zero-order chi connectivity index (χ0) is 21.3. The normalized spacial score (nSPS) is 11.8. The predicted molar refractivity (Wildman–Crippen MR) is 109 cm³/mol. The highest BCUT2D eigenvalue weighted by Crippen LogP contribution is 2.43. The fourth-order valence-electron chi connectivity index (χ4n) is 2.58. The number of anilines is 2. The predicted octanol–water partition coefficient (Wildman–Crippen LogP) is 3.50. The van der Waals surface area contributed by atoms with Crippen molar-refractivity contribution in [3.63, 3.8) is 0 Å². The maximum Gasteiger partial charge on any atom is 0.339 e. The first-order valence-electron chi connectivity index (χ1n) is 7.84. The Kier molecular flexibility index (Phi) is 5.89. The Balaban J connectivity index is 2.03. The number of nitrogens with zero attached hydrogens (tertiary/aromatic N) is 1. The summed E-state index contributed by atoms with van der Waals surface area (Å²) >= 11 is 4.49. The number of benzene rings is 2. The zero-order valence-corrected chi connectivity index (χ0v) is 16.8. The fourth-order valence-corrected chi connectivity index (χ4v) is 4.60. The van der Waals surface area contributed by atoms with Crippen molar-refractivity contribution < 1.29 is 28.6 Å². The van der Waals surface area contributed by atoms with Gasteiger partial charge in [-0.2, -0.15) is 0 Å². The summed E-state index contributed by atoms with van der Waals surface area (Å²) in [7, 11) is 0. The highest BCUT2D eigenvalue weighted by molar-refractivity contribution is 7.81. The smallest absolute Gasteiger partial charge is 0.339 e. The van der Waals surface area contributed by atoms with Crippen molar-refractivity contribution >= 4 is 56.8 Å². The number of aromatic hydroxyl groups is 1. The van der Waals surface area contributed by atoms with Gasteiger partial charge in [-0.3, -0.25) is 13.3 Å². The number of hydrogen-bond acceptors (Lipinski definition) is 6. The number of amides is 1. The molecule has 1 amide bonds. The molecule has 2 aromatic carbocycles. The first-order chi connectivity index (χ1) is 13.7. The lowest BCUT2D eigenvalue weighted by molar-refractivity contribution is 0.0693. The Bertz CT molecular complexity index is 1130. The van der Waals surface area contributed by atoms with Crippen LogP contribution in [0.4, 0.5) is 10.7 Å². The molecule has 4 N–H and O–H groups in total. The van der Waals surface area contributed by atoms with Crippen molar-refractivity contribution in [2.75, 3.05) is 4.31 Å². The van der Waals surface area contributed by atoms with Crippen LogP contribution < -0.4 is 10.0 Å². The number of rotatable bonds is 6. The number of halogens is 1. The Morgan fingerprint density at radius 2 is 1.79 bits per heavy atom. The standard InChI is InChI=1S/C18H13ClN2O6S2/c19-16-13(9-1-3-10(4-2-9)17(20)23)8-15(28-16)21(29(26)27)11-5-6-12(18(24)25)14(22)7-11/h1-8,22H,(H2,20,23)(H,24,25)(H,26,27)/p-1. The van der Waals surface area contributed by atoms with E-state index in [9.17, 15) is 23.5 Å². The fraction of sp³-hybridized carbons (Fsp3) is 0. The number of carbonyl (C=O) groups is 2. The van der Waals surface area contributed by atoms with Crippen molar-refractivity contribution in [2.45, 2.75) is 0 Å². The lowest BCUT2D eigenvalue weighted by Gasteiger charge is -2.25. The van der Waals surface area contributed by atoms with Crippen LogP contribution in [0.5, 0.6) is 5.75 Å². The van der Waals surface area contributed by atoms with E-state index in [1.165, 1.54) is 24.3 Å². The molecule has 1 aromatic heterocycles. The van der Waals surface area contributed by atoms with Gasteiger partial charge in [0, 0.05) is 17.2 Å². The quantitative estimate of drug-likeness (QED) is 0.489. The molecule has 11 heteroatoms. The number of carbonyl (C=O) groups excluding carboxylic acids is 1. The average Bonchev–Trinajstić information content (AvgIpc) is 3.02. The van der Waals surface area contributed by atoms with Gasteiger partial charge >= 0.3 is 5.97 Å². The lowest BCUT2D eigenvalue weighted by Crippen LogP contribution is -2.18. The van der Waals surface area contributed by atoms with Gasteiger partial charge in [-0.25, -0.2) is 4.79 Å². The SMILES string of the molecule is NC(=O)c1ccc(-c2cc(N(c3ccc(C(=O)O)c(O)c3)S(=O)[O-])sc2Cl)cc1. The third-order valence-electron chi connectivity index (χ3n) is 3.95. The summed E-state index contributed by atoms with van der Waals surface area (Å²) in [4.78, 5) is 22.2. The molecule has 0 bridgehead atoms. The second-order valence-electron chi connectivity index (χ2n) is 5.73. The lowest BCUT2D eigenvalue weighted by atomic mass is 10.1. The molecule has 1 atom stereocenters. The highest BCUT2D eigenvalue weighted by atomic mass is 35.5. The topological polar surface area (TPSA) is 144 Å². The van der Waals surface area contributed by atoms with Gasteiger partial charge in [0.1, 0.15) is 20.7 Å². The molecule has 0 aliphatic carbocycles. The van der Waals surface area contributed by atoms with Gasteiger partial charge in [0.05, 0.1) is 17.0 Å². The van der Waals surface area contributed by atoms with Crippen LogP contribution in [0.25, 0.3) is 11.1 Å². The van der Waals surface area contributed by atoms with Crippen molar-refractivity contribution in [1.29, 1.82) is 0 Å². The molecule has 0 aliphatic rings. The van der Waals surface area contributed by atoms with Gasteiger partial charge in [-0.15, -0.1) is 11.3 Å². The summed E-state index contributed by atoms with van der Waals surface area (Å²) in [6.07, 6.45) is 0. The summed E-state index contributed by atoms with van der Waals surface area (Å²) in [5.74, 6) is -2.49. The highest BCUT2D eigenvalue weighted by Gasteiger charge is 2.19. The number of carboxylic acid groups (broad SMARTS) is 1. The van der Waals surface area contributed by atoms with Crippen LogP contribution in [0, 0.1) is 0 Å². The van der Waals surface area contributed by atoms with Crippen LogP contribution in [-0.2, 0) is 11.3 Å². The van der Waals surface area contributed by atoms with E-state index in [1.807, 2.05) is 0 Å². The van der Waals surface area contributed by atoms with Crippen molar-refractivity contribution in [3.05, 3.63) is 64.0 Å². The van der Waals surface area contributed by atoms with E-state index in [0.29, 0.717) is 21.0 Å². The van der Waals surface area contributed by atoms with Gasteiger partial charge in [0.25, 0.3) is 0 Å². The molecule has 0 spiro atoms. The van der Waals surface area contributed by atoms with Crippen LogP contribution in [-0.4, -0.2) is 30.9 Å². The van der Waals surface area contributed by atoms with Crippen LogP contribution >= 0.6 is 22.9 Å². The zero-order valence-electron chi connectivity index (χ0n) is 14.4. The van der Waals surface area contributed by atoms with Crippen molar-refractivity contribution in [2.24, 2.45) is 5.73 Å². The van der Waals surface area contributed by atoms with E-state index < -0.39 is 28.9 Å². The number of nitrogens with two attached hydrogens (primary N) is 1. The Labute approximate surface area is 176 Å². The summed E-state index contributed by atoms with van der Waals surface area (Å²) in [6, 6.07) is 11.2. The molecule has 1 heterocycles. The first-order valence-corrected chi connectivity index (χ1v) is 10.1. The molecule has 29 heavy (non-hydrogen) atoms. The number of aromatic carboxylic acids is 1. The van der Waals surface area contributed by atoms with Crippen LogP contribution in [0.2, 0.25) is 4.34 Å². The first kappa shape index (κ1) is 20.8. The van der Waals surface area contributed by atoms with Crippen LogP contribution in [0.1, 0.15) is 20.7 Å². The molecule has 0 fully saturated rings. The van der Waals surface area contributed by atoms with Crippen LogP contribution in [0.15, 0.2) is 48.5 Å². The second kappa shape index (κ2) is 8.21. The van der Waals surface area contributed by atoms with E-state index in [4.69, 9.17) is 22.4 Å². The summed E-state index contributed by atoms with van der Waals surface area (Å²) < 4.78 is 24.9. The van der Waals surface area contributed by atoms with Gasteiger partial charge in [0.2, 0.25) is 5.91 Å². The molecular formula is C18H12ClN2O6S2-. The maximum atomic E-state index is 11.8. The van der Waals surface area contributed by atoms with E-state index in [-0.39, 0.29) is 16.3 Å². The van der Waals surface area contributed by atoms with E-state index in [2.05, 4.69) is 0 Å². The minimum atomic E-state index is -2.78. The summed E-state index contributed by atoms with van der Waals surface area (Å²) in [5, 5.41) is 19.1. The number of thiophene rings is 1. The monoisotopic (exact) mass is 451 g/mol. The Morgan fingerprint density at radius 3 is 2.31 bits per heavy atom. The largest absolute Gasteiger partial charge is 0.755 e. The summed E-state index contributed by atoms with van der Waals surface area (Å²) in [5.41, 5.74) is 6.39. The molecule has 0 saturated carbocycles. The van der Waals surface area contributed by atoms with Crippen molar-refractivity contribution in [1.82, 2.24) is 0 Å². The number of carboxylic acids is 1. The molecule has 0 aliphatic heterocycles. The van der Waals surface area contributed by atoms with E-state index in [0.717, 1.165) is 27.8 Å². The molecule has 0 saturated heterocycles. The number of phenols is 1. The Morgan fingerprint density at radius 1 is 1.14 bits per heavy atom. The molecule has 8 nitrogen and oxygen atoms in total. The minimum absolute atomic E-state index is 0.0365. The van der Waals surface area contributed by atoms with E-state index >= 15 is 0 Å². The Hall–Kier alpha value is -2.92. The molecular weight excluding hydrogens is 440 g/mol. The van der Waals surface area contributed by atoms with Crippen LogP contribution in [0.3, 0.4) is 0 Å². The molecule has 0 radical (unpaired) electrons. The minimum Gasteiger partial charge on any atom is -0.755 e. The van der Waals surface area contributed by atoms with Gasteiger partial charge in [-0.05, 0) is 35.9 Å². The molecule has 3 rings (SSSR count). The number of primary amides is 1. The molecule has 3 aromatic rings. The van der Waals surface area contributed by atoms with Gasteiger partial charge < -0.3 is 20.5 Å². The summed E-state index contributed by atoms with van der Waals surface area (Å²) in [6.45, 7) is 0. The average molecular weight is 452 g/mol. The van der Waals surface area contributed by atoms with Gasteiger partial charge in [0.15, 0.2) is 0 Å². The third kappa shape index (κ3) is 4.25. The molecule has 1 unspecified atom stereocenters. The van der Waals surface area contributed by atoms with Crippen molar-refractivity contribution in [3.8, 4) is 16.9 Å².